The number of nitrogens with zero attached hydrogens (tertiary/aromatic N) is 4. The fourth-order valence-corrected chi connectivity index (χ4v) is 3.22. The van der Waals surface area contributed by atoms with Crippen LogP contribution in [-0.2, 0) is 0 Å². The van der Waals surface area contributed by atoms with Gasteiger partial charge in [-0.05, 0) is 56.7 Å². The number of anilines is 1. The quantitative estimate of drug-likeness (QED) is 0.559. The van der Waals surface area contributed by atoms with Crippen LogP contribution in [0.5, 0.6) is 0 Å². The Labute approximate surface area is 160 Å². The Hall–Kier alpha value is -2.11. The van der Waals surface area contributed by atoms with Gasteiger partial charge in [0.1, 0.15) is 5.82 Å². The largest absolute Gasteiger partial charge is 0.369 e. The number of hydrogen-bond acceptors (Lipinski definition) is 4. The molecule has 1 N–H and O–H groups in total. The first kappa shape index (κ1) is 18.7. The molecule has 0 spiro atoms. The molecule has 0 saturated heterocycles. The van der Waals surface area contributed by atoms with Crippen molar-refractivity contribution in [3.63, 3.8) is 0 Å². The highest BCUT2D eigenvalue weighted by Gasteiger charge is 2.08. The molecule has 5 nitrogen and oxygen atoms in total. The second-order valence-electron chi connectivity index (χ2n) is 6.30. The van der Waals surface area contributed by atoms with Crippen molar-refractivity contribution < 1.29 is 0 Å². The van der Waals surface area contributed by atoms with E-state index in [2.05, 4.69) is 29.0 Å². The summed E-state index contributed by atoms with van der Waals surface area (Å²) in [4.78, 5) is 6.89. The van der Waals surface area contributed by atoms with Gasteiger partial charge in [0.2, 0.25) is 0 Å². The van der Waals surface area contributed by atoms with Gasteiger partial charge in [0, 0.05) is 17.1 Å². The van der Waals surface area contributed by atoms with Crippen LogP contribution in [0.25, 0.3) is 16.9 Å². The van der Waals surface area contributed by atoms with Crippen molar-refractivity contribution in [1.29, 1.82) is 0 Å². The van der Waals surface area contributed by atoms with Gasteiger partial charge in [-0.2, -0.15) is 0 Å². The zero-order valence-electron chi connectivity index (χ0n) is 15.5. The number of benzene rings is 1. The van der Waals surface area contributed by atoms with Crippen LogP contribution in [0.15, 0.2) is 42.6 Å². The molecule has 0 aliphatic rings. The number of halogens is 1. The summed E-state index contributed by atoms with van der Waals surface area (Å²) in [5.74, 6) is 0.863. The monoisotopic (exact) mass is 371 g/mol. The van der Waals surface area contributed by atoms with E-state index in [9.17, 15) is 0 Å². The number of rotatable bonds is 9. The van der Waals surface area contributed by atoms with E-state index in [0.29, 0.717) is 5.02 Å². The Bertz CT molecular complexity index is 841. The molecule has 0 fully saturated rings. The first-order valence-corrected chi connectivity index (χ1v) is 9.66. The van der Waals surface area contributed by atoms with Gasteiger partial charge in [-0.1, -0.05) is 37.6 Å². The molecule has 0 bridgehead atoms. The van der Waals surface area contributed by atoms with E-state index in [-0.39, 0.29) is 0 Å². The highest BCUT2D eigenvalue weighted by Crippen LogP contribution is 2.23. The highest BCUT2D eigenvalue weighted by molar-refractivity contribution is 6.30. The summed E-state index contributed by atoms with van der Waals surface area (Å²) in [5, 5.41) is 8.83. The van der Waals surface area contributed by atoms with E-state index in [0.717, 1.165) is 55.3 Å². The number of nitrogens with one attached hydrogen (secondary N) is 1. The van der Waals surface area contributed by atoms with E-state index >= 15 is 0 Å². The standard InChI is InChI=1S/C20H26ClN5/c1-3-25(4-2)13-6-5-12-22-19-10-11-20-23-15-18(26(20)24-19)16-8-7-9-17(21)14-16/h7-11,14-15H,3-6,12-13H2,1-2H3,(H,22,24). The van der Waals surface area contributed by atoms with Crippen LogP contribution in [0.1, 0.15) is 26.7 Å². The third-order valence-corrected chi connectivity index (χ3v) is 4.82. The van der Waals surface area contributed by atoms with E-state index in [1.807, 2.05) is 47.1 Å². The average molecular weight is 372 g/mol. The lowest BCUT2D eigenvalue weighted by atomic mass is 10.2. The van der Waals surface area contributed by atoms with Gasteiger partial charge >= 0.3 is 0 Å². The van der Waals surface area contributed by atoms with Crippen molar-refractivity contribution in [3.8, 4) is 11.3 Å². The van der Waals surface area contributed by atoms with Gasteiger partial charge in [-0.3, -0.25) is 0 Å². The minimum Gasteiger partial charge on any atom is -0.369 e. The summed E-state index contributed by atoms with van der Waals surface area (Å²) in [6.07, 6.45) is 4.15. The van der Waals surface area contributed by atoms with E-state index in [1.54, 1.807) is 0 Å². The lowest BCUT2D eigenvalue weighted by Crippen LogP contribution is -2.24. The summed E-state index contributed by atoms with van der Waals surface area (Å²) in [5.41, 5.74) is 2.77. The molecule has 0 amide bonds. The number of unbranched alkanes of at least 4 members (excludes halogenated alkanes) is 1. The summed E-state index contributed by atoms with van der Waals surface area (Å²) in [7, 11) is 0. The van der Waals surface area contributed by atoms with E-state index < -0.39 is 0 Å². The molecule has 2 heterocycles. The smallest absolute Gasteiger partial charge is 0.154 e. The minimum absolute atomic E-state index is 0.708. The Kier molecular flexibility index (Phi) is 6.47. The maximum Gasteiger partial charge on any atom is 0.154 e. The van der Waals surface area contributed by atoms with Crippen LogP contribution in [0.2, 0.25) is 5.02 Å². The van der Waals surface area contributed by atoms with Crippen molar-refractivity contribution in [1.82, 2.24) is 19.5 Å². The maximum absolute atomic E-state index is 6.12. The van der Waals surface area contributed by atoms with Crippen molar-refractivity contribution in [2.45, 2.75) is 26.7 Å². The summed E-state index contributed by atoms with van der Waals surface area (Å²) in [6, 6.07) is 11.7. The second-order valence-corrected chi connectivity index (χ2v) is 6.74. The topological polar surface area (TPSA) is 45.5 Å². The van der Waals surface area contributed by atoms with Crippen LogP contribution in [-0.4, -0.2) is 45.7 Å². The van der Waals surface area contributed by atoms with Crippen molar-refractivity contribution >= 4 is 23.1 Å². The lowest BCUT2D eigenvalue weighted by molar-refractivity contribution is 0.298. The Morgan fingerprint density at radius 3 is 2.73 bits per heavy atom. The Balaban J connectivity index is 1.64. The first-order chi connectivity index (χ1) is 12.7. The number of fused-ring (bicyclic) bond motifs is 1. The van der Waals surface area contributed by atoms with Crippen LogP contribution in [0.4, 0.5) is 5.82 Å². The summed E-state index contributed by atoms with van der Waals surface area (Å²) < 4.78 is 1.86. The molecule has 3 rings (SSSR count). The third-order valence-electron chi connectivity index (χ3n) is 4.58. The molecule has 138 valence electrons. The molecule has 0 aliphatic heterocycles. The lowest BCUT2D eigenvalue weighted by Gasteiger charge is -2.17. The summed E-state index contributed by atoms with van der Waals surface area (Å²) in [6.45, 7) is 8.74. The second kappa shape index (κ2) is 9.01. The van der Waals surface area contributed by atoms with Gasteiger partial charge in [0.05, 0.1) is 11.9 Å². The van der Waals surface area contributed by atoms with Crippen molar-refractivity contribution in [3.05, 3.63) is 47.6 Å². The van der Waals surface area contributed by atoms with Gasteiger partial charge in [0.25, 0.3) is 0 Å². The van der Waals surface area contributed by atoms with Gasteiger partial charge < -0.3 is 10.2 Å². The van der Waals surface area contributed by atoms with Crippen LogP contribution >= 0.6 is 11.6 Å². The Morgan fingerprint density at radius 2 is 1.96 bits per heavy atom. The predicted molar refractivity (Wildman–Crippen MR) is 109 cm³/mol. The molecule has 6 heteroatoms. The van der Waals surface area contributed by atoms with Crippen LogP contribution in [0, 0.1) is 0 Å². The van der Waals surface area contributed by atoms with Crippen molar-refractivity contribution in [2.24, 2.45) is 0 Å². The van der Waals surface area contributed by atoms with Crippen LogP contribution in [0.3, 0.4) is 0 Å². The van der Waals surface area contributed by atoms with Crippen molar-refractivity contribution in [2.75, 3.05) is 31.5 Å². The van der Waals surface area contributed by atoms with Gasteiger partial charge in [0.15, 0.2) is 5.65 Å². The molecule has 3 aromatic rings. The van der Waals surface area contributed by atoms with E-state index in [1.165, 1.54) is 6.42 Å². The molecule has 0 atom stereocenters. The van der Waals surface area contributed by atoms with Gasteiger partial charge in [-0.15, -0.1) is 5.10 Å². The molecular weight excluding hydrogens is 346 g/mol. The van der Waals surface area contributed by atoms with E-state index in [4.69, 9.17) is 16.7 Å². The molecule has 0 unspecified atom stereocenters. The molecule has 1 aromatic carbocycles. The fourth-order valence-electron chi connectivity index (χ4n) is 3.03. The molecule has 0 aliphatic carbocycles. The maximum atomic E-state index is 6.12. The minimum atomic E-state index is 0.708. The zero-order valence-corrected chi connectivity index (χ0v) is 16.2. The molecule has 0 radical (unpaired) electrons. The first-order valence-electron chi connectivity index (χ1n) is 9.28. The third kappa shape index (κ3) is 4.54. The molecule has 0 saturated carbocycles. The Morgan fingerprint density at radius 1 is 1.12 bits per heavy atom. The number of imidazole rings is 1. The predicted octanol–water partition coefficient (Wildman–Crippen LogP) is 4.58. The molecular formula is C20H26ClN5. The zero-order chi connectivity index (χ0) is 18.4. The SMILES string of the molecule is CCN(CC)CCCCNc1ccc2ncc(-c3cccc(Cl)c3)n2n1. The summed E-state index contributed by atoms with van der Waals surface area (Å²) >= 11 is 6.12. The van der Waals surface area contributed by atoms with Crippen LogP contribution < -0.4 is 5.32 Å². The normalized spacial score (nSPS) is 11.4. The molecule has 26 heavy (non-hydrogen) atoms. The number of aromatic nitrogens is 3. The van der Waals surface area contributed by atoms with Gasteiger partial charge in [-0.25, -0.2) is 9.50 Å². The fraction of sp³-hybridized carbons (Fsp3) is 0.400. The molecule has 2 aromatic heterocycles. The highest BCUT2D eigenvalue weighted by atomic mass is 35.5. The number of hydrogen-bond donors (Lipinski definition) is 1. The average Bonchev–Trinajstić information content (AvgIpc) is 3.08.